The number of nitrogens with one attached hydrogen (secondary N) is 2. The Morgan fingerprint density at radius 1 is 1.04 bits per heavy atom. The first-order valence-corrected chi connectivity index (χ1v) is 9.29. The lowest BCUT2D eigenvalue weighted by atomic mass is 10.0. The summed E-state index contributed by atoms with van der Waals surface area (Å²) in [4.78, 5) is 11.4. The number of hydrogen-bond acceptors (Lipinski definition) is 5. The van der Waals surface area contributed by atoms with E-state index in [4.69, 9.17) is 9.26 Å². The van der Waals surface area contributed by atoms with Gasteiger partial charge in [0, 0.05) is 11.6 Å². The van der Waals surface area contributed by atoms with Crippen molar-refractivity contribution in [3.63, 3.8) is 0 Å². The van der Waals surface area contributed by atoms with Crippen LogP contribution in [0.1, 0.15) is 53.0 Å². The predicted molar refractivity (Wildman–Crippen MR) is 109 cm³/mol. The number of fused-ring (bicyclic) bond motifs is 1. The van der Waals surface area contributed by atoms with E-state index in [-0.39, 0.29) is 12.5 Å². The Labute approximate surface area is 157 Å². The summed E-state index contributed by atoms with van der Waals surface area (Å²) in [5.74, 6) is 1.34. The molecule has 0 bridgehead atoms. The zero-order valence-corrected chi connectivity index (χ0v) is 17.5. The fourth-order valence-corrected chi connectivity index (χ4v) is 2.43. The van der Waals surface area contributed by atoms with E-state index in [1.54, 1.807) is 13.2 Å². The summed E-state index contributed by atoms with van der Waals surface area (Å²) in [6.07, 6.45) is 0. The van der Waals surface area contributed by atoms with Crippen LogP contribution >= 0.6 is 0 Å². The van der Waals surface area contributed by atoms with Gasteiger partial charge < -0.3 is 19.9 Å². The summed E-state index contributed by atoms with van der Waals surface area (Å²) < 4.78 is 10.6. The third-order valence-corrected chi connectivity index (χ3v) is 3.36. The van der Waals surface area contributed by atoms with Gasteiger partial charge >= 0.3 is 0 Å². The van der Waals surface area contributed by atoms with Crippen LogP contribution in [0.25, 0.3) is 11.1 Å². The molecule has 0 aliphatic carbocycles. The maximum atomic E-state index is 11.4. The molecule has 0 atom stereocenters. The highest BCUT2D eigenvalue weighted by Gasteiger charge is 2.21. The molecule has 0 saturated heterocycles. The third-order valence-electron chi connectivity index (χ3n) is 3.36. The Bertz CT molecular complexity index is 674. The molecule has 0 fully saturated rings. The van der Waals surface area contributed by atoms with Gasteiger partial charge in [-0.05, 0) is 19.9 Å². The average Bonchev–Trinajstić information content (AvgIpc) is 3.03. The third kappa shape index (κ3) is 5.25. The number of aromatic nitrogens is 1. The predicted octanol–water partition coefficient (Wildman–Crippen LogP) is 5.41. The van der Waals surface area contributed by atoms with Crippen molar-refractivity contribution in [2.45, 2.75) is 55.4 Å². The minimum Gasteiger partial charge on any atom is -0.496 e. The van der Waals surface area contributed by atoms with Gasteiger partial charge in [-0.1, -0.05) is 46.7 Å². The van der Waals surface area contributed by atoms with E-state index in [1.165, 1.54) is 0 Å². The molecule has 1 aliphatic heterocycles. The second kappa shape index (κ2) is 12.0. The van der Waals surface area contributed by atoms with Gasteiger partial charge in [-0.2, -0.15) is 0 Å². The van der Waals surface area contributed by atoms with Crippen LogP contribution in [0.15, 0.2) is 16.7 Å². The summed E-state index contributed by atoms with van der Waals surface area (Å²) in [7, 11) is 1.60. The number of hydrogen-bond donors (Lipinski definition) is 2. The molecule has 1 aromatic heterocycles. The van der Waals surface area contributed by atoms with Crippen molar-refractivity contribution >= 4 is 17.3 Å². The van der Waals surface area contributed by atoms with Gasteiger partial charge in [0.25, 0.3) is 0 Å². The van der Waals surface area contributed by atoms with Crippen molar-refractivity contribution < 1.29 is 14.1 Å². The van der Waals surface area contributed by atoms with Crippen molar-refractivity contribution in [3.8, 4) is 16.9 Å². The second-order valence-electron chi connectivity index (χ2n) is 4.70. The van der Waals surface area contributed by atoms with Crippen molar-refractivity contribution in [1.82, 2.24) is 5.16 Å². The Kier molecular flexibility index (Phi) is 10.8. The number of anilines is 2. The smallest absolute Gasteiger partial charge is 0.243 e. The van der Waals surface area contributed by atoms with E-state index in [0.29, 0.717) is 11.4 Å². The molecular weight excluding hydrogens is 330 g/mol. The van der Waals surface area contributed by atoms with Gasteiger partial charge in [0.05, 0.1) is 36.3 Å². The van der Waals surface area contributed by atoms with Crippen LogP contribution in [0.2, 0.25) is 0 Å². The molecule has 26 heavy (non-hydrogen) atoms. The summed E-state index contributed by atoms with van der Waals surface area (Å²) in [5, 5.41) is 9.87. The second-order valence-corrected chi connectivity index (χ2v) is 4.70. The molecular formula is C20H33N3O3. The van der Waals surface area contributed by atoms with Gasteiger partial charge in [-0.15, -0.1) is 0 Å². The fourth-order valence-electron chi connectivity index (χ4n) is 2.43. The topological polar surface area (TPSA) is 76.4 Å². The number of amides is 1. The molecule has 1 aliphatic rings. The number of nitrogens with zero attached hydrogens (tertiary/aromatic N) is 1. The van der Waals surface area contributed by atoms with Crippen LogP contribution < -0.4 is 15.4 Å². The monoisotopic (exact) mass is 363 g/mol. The molecule has 1 aromatic carbocycles. The number of methoxy groups -OCH3 is 1. The summed E-state index contributed by atoms with van der Waals surface area (Å²) >= 11 is 0. The van der Waals surface area contributed by atoms with E-state index < -0.39 is 0 Å². The quantitative estimate of drug-likeness (QED) is 0.746. The number of ether oxygens (including phenoxy) is 1. The molecule has 6 heteroatoms. The van der Waals surface area contributed by atoms with Gasteiger partial charge in [0.1, 0.15) is 11.5 Å². The summed E-state index contributed by atoms with van der Waals surface area (Å²) in [6, 6.07) is 3.75. The van der Waals surface area contributed by atoms with Crippen LogP contribution in [0.3, 0.4) is 0 Å². The lowest BCUT2D eigenvalue weighted by molar-refractivity contribution is -0.114. The van der Waals surface area contributed by atoms with E-state index in [1.807, 2.05) is 61.5 Å². The molecule has 0 saturated carbocycles. The van der Waals surface area contributed by atoms with E-state index in [0.717, 1.165) is 28.3 Å². The minimum atomic E-state index is -0.0651. The number of rotatable bonds is 2. The van der Waals surface area contributed by atoms with Crippen LogP contribution in [0, 0.1) is 13.8 Å². The first kappa shape index (κ1) is 23.5. The highest BCUT2D eigenvalue weighted by atomic mass is 16.5. The maximum absolute atomic E-state index is 11.4. The Hall–Kier alpha value is -2.50. The lowest BCUT2D eigenvalue weighted by Crippen LogP contribution is -2.27. The Balaban J connectivity index is 0.000000948. The summed E-state index contributed by atoms with van der Waals surface area (Å²) in [5.41, 5.74) is 4.20. The van der Waals surface area contributed by atoms with Gasteiger partial charge in [-0.3, -0.25) is 4.79 Å². The van der Waals surface area contributed by atoms with Crippen LogP contribution in [0.5, 0.6) is 5.75 Å². The molecule has 0 radical (unpaired) electrons. The van der Waals surface area contributed by atoms with Crippen molar-refractivity contribution in [2.24, 2.45) is 0 Å². The Morgan fingerprint density at radius 2 is 1.65 bits per heavy atom. The lowest BCUT2D eigenvalue weighted by Gasteiger charge is -2.21. The molecule has 2 N–H and O–H groups in total. The maximum Gasteiger partial charge on any atom is 0.243 e. The molecule has 3 rings (SSSR count). The van der Waals surface area contributed by atoms with Crippen LogP contribution in [0.4, 0.5) is 11.4 Å². The molecule has 1 amide bonds. The van der Waals surface area contributed by atoms with E-state index in [9.17, 15) is 4.79 Å². The van der Waals surface area contributed by atoms with Gasteiger partial charge in [0.2, 0.25) is 5.91 Å². The minimum absolute atomic E-state index is 0.0651. The molecule has 2 heterocycles. The zero-order valence-electron chi connectivity index (χ0n) is 17.5. The van der Waals surface area contributed by atoms with Gasteiger partial charge in [-0.25, -0.2) is 0 Å². The highest BCUT2D eigenvalue weighted by Crippen LogP contribution is 2.40. The molecule has 146 valence electrons. The molecule has 0 spiro atoms. The number of aryl methyl sites for hydroxylation is 2. The summed E-state index contributed by atoms with van der Waals surface area (Å²) in [6.45, 7) is 16.0. The van der Waals surface area contributed by atoms with Gasteiger partial charge in [0.15, 0.2) is 0 Å². The van der Waals surface area contributed by atoms with Crippen molar-refractivity contribution in [3.05, 3.63) is 23.6 Å². The van der Waals surface area contributed by atoms with Crippen molar-refractivity contribution in [1.29, 1.82) is 0 Å². The SMILES string of the molecule is CC.CC.CC.COc1cc2c(cc1-c1c(C)noc1C)NCC(=O)N2. The first-order valence-electron chi connectivity index (χ1n) is 9.29. The largest absolute Gasteiger partial charge is 0.496 e. The zero-order chi connectivity index (χ0) is 20.3. The molecule has 0 unspecified atom stereocenters. The van der Waals surface area contributed by atoms with E-state index in [2.05, 4.69) is 15.8 Å². The number of benzene rings is 1. The number of carbonyl (C=O) groups excluding carboxylic acids is 1. The highest BCUT2D eigenvalue weighted by molar-refractivity contribution is 6.02. The molecule has 6 nitrogen and oxygen atoms in total. The van der Waals surface area contributed by atoms with Crippen molar-refractivity contribution in [2.75, 3.05) is 24.3 Å². The number of carbonyl (C=O) groups is 1. The molecule has 2 aromatic rings. The standard InChI is InChI=1S/C14H15N3O3.3C2H6/c1-7-14(8(2)20-17-7)9-4-10-11(5-12(9)19-3)16-13(18)6-15-10;3*1-2/h4-5,15H,6H2,1-3H3,(H,16,18);3*1-2H3. The van der Waals surface area contributed by atoms with Crippen LogP contribution in [-0.4, -0.2) is 24.7 Å². The average molecular weight is 364 g/mol. The normalized spacial score (nSPS) is 11.0. The fraction of sp³-hybridized carbons (Fsp3) is 0.500. The first-order chi connectivity index (χ1) is 12.6. The Morgan fingerprint density at radius 3 is 2.15 bits per heavy atom. The van der Waals surface area contributed by atoms with Crippen LogP contribution in [-0.2, 0) is 4.79 Å². The van der Waals surface area contributed by atoms with E-state index >= 15 is 0 Å².